The van der Waals surface area contributed by atoms with Gasteiger partial charge >= 0.3 is 12.1 Å². The lowest BCUT2D eigenvalue weighted by atomic mass is 10.1. The van der Waals surface area contributed by atoms with E-state index in [9.17, 15) is 18.0 Å². The van der Waals surface area contributed by atoms with Gasteiger partial charge in [-0.3, -0.25) is 0 Å². The normalized spacial score (nSPS) is 11.4. The summed E-state index contributed by atoms with van der Waals surface area (Å²) in [5.74, 6) is -0.845. The van der Waals surface area contributed by atoms with E-state index in [4.69, 9.17) is 27.9 Å². The van der Waals surface area contributed by atoms with Crippen molar-refractivity contribution in [2.75, 3.05) is 6.61 Å². The number of carbonyl (C=O) groups is 1. The Labute approximate surface area is 183 Å². The van der Waals surface area contributed by atoms with Crippen LogP contribution in [-0.4, -0.2) is 27.8 Å². The number of halogens is 5. The summed E-state index contributed by atoms with van der Waals surface area (Å²) in [5.41, 5.74) is -0.937. The third kappa shape index (κ3) is 5.21. The fraction of sp³-hybridized carbons (Fsp3) is 0.158. The van der Waals surface area contributed by atoms with Crippen molar-refractivity contribution in [3.63, 3.8) is 0 Å². The van der Waals surface area contributed by atoms with Crippen molar-refractivity contribution in [2.24, 2.45) is 0 Å². The molecule has 0 amide bonds. The van der Waals surface area contributed by atoms with Crippen LogP contribution in [0.25, 0.3) is 11.4 Å². The Morgan fingerprint density at radius 2 is 1.90 bits per heavy atom. The summed E-state index contributed by atoms with van der Waals surface area (Å²) in [6.07, 6.45) is -4.53. The van der Waals surface area contributed by atoms with Crippen molar-refractivity contribution >= 4 is 40.9 Å². The second-order valence-corrected chi connectivity index (χ2v) is 7.64. The molecule has 156 valence electrons. The molecule has 0 unspecified atom stereocenters. The number of hydrogen-bond donors (Lipinski definition) is 0. The Morgan fingerprint density at radius 1 is 1.13 bits per heavy atom. The van der Waals surface area contributed by atoms with Crippen molar-refractivity contribution in [3.8, 4) is 11.4 Å². The third-order valence-electron chi connectivity index (χ3n) is 3.67. The molecule has 11 heteroatoms. The second kappa shape index (κ2) is 9.20. The Bertz CT molecular complexity index is 1100. The lowest BCUT2D eigenvalue weighted by molar-refractivity contribution is -0.137. The molecule has 2 aromatic carbocycles. The van der Waals surface area contributed by atoms with Crippen molar-refractivity contribution in [3.05, 3.63) is 63.8 Å². The van der Waals surface area contributed by atoms with Gasteiger partial charge in [-0.1, -0.05) is 47.1 Å². The Balaban J connectivity index is 2.07. The molecule has 0 saturated carbocycles. The quantitative estimate of drug-likeness (QED) is 0.411. The molecule has 0 N–H and O–H groups in total. The van der Waals surface area contributed by atoms with Crippen LogP contribution in [0, 0.1) is 0 Å². The van der Waals surface area contributed by atoms with E-state index in [0.717, 1.165) is 23.9 Å². The van der Waals surface area contributed by atoms with E-state index in [1.165, 1.54) is 18.2 Å². The largest absolute Gasteiger partial charge is 0.461 e. The lowest BCUT2D eigenvalue weighted by Gasteiger charge is -2.11. The predicted octanol–water partition coefficient (Wildman–Crippen LogP) is 6.19. The van der Waals surface area contributed by atoms with Gasteiger partial charge in [-0.15, -0.1) is 10.2 Å². The second-order valence-electron chi connectivity index (χ2n) is 5.77. The highest BCUT2D eigenvalue weighted by molar-refractivity contribution is 7.99. The van der Waals surface area contributed by atoms with Crippen LogP contribution in [0.3, 0.4) is 0 Å². The van der Waals surface area contributed by atoms with Crippen LogP contribution >= 0.6 is 35.0 Å². The zero-order valence-electron chi connectivity index (χ0n) is 15.2. The van der Waals surface area contributed by atoms with Crippen molar-refractivity contribution < 1.29 is 22.7 Å². The number of carbonyl (C=O) groups excluding carboxylic acids is 1. The van der Waals surface area contributed by atoms with E-state index < -0.39 is 17.7 Å². The van der Waals surface area contributed by atoms with Crippen LogP contribution in [0.2, 0.25) is 10.0 Å². The van der Waals surface area contributed by atoms with E-state index in [2.05, 4.69) is 15.2 Å². The van der Waals surface area contributed by atoms with E-state index in [1.54, 1.807) is 19.1 Å². The van der Waals surface area contributed by atoms with Gasteiger partial charge in [-0.05, 0) is 37.3 Å². The SMILES string of the molecule is CCOC(=O)c1nnc(-c2cccc(C(F)(F)F)c2)nc1Sc1ccc(Cl)cc1Cl. The zero-order valence-corrected chi connectivity index (χ0v) is 17.5. The van der Waals surface area contributed by atoms with Gasteiger partial charge in [0.25, 0.3) is 0 Å². The van der Waals surface area contributed by atoms with Crippen LogP contribution in [0.4, 0.5) is 13.2 Å². The maximum Gasteiger partial charge on any atom is 0.416 e. The smallest absolute Gasteiger partial charge is 0.416 e. The highest BCUT2D eigenvalue weighted by Crippen LogP contribution is 2.36. The predicted molar refractivity (Wildman–Crippen MR) is 107 cm³/mol. The maximum absolute atomic E-state index is 13.0. The molecule has 1 heterocycles. The minimum Gasteiger partial charge on any atom is -0.461 e. The van der Waals surface area contributed by atoms with Gasteiger partial charge in [0, 0.05) is 15.5 Å². The molecule has 0 saturated heterocycles. The molecule has 0 aliphatic carbocycles. The minimum absolute atomic E-state index is 0.0817. The van der Waals surface area contributed by atoms with E-state index >= 15 is 0 Å². The average molecular weight is 474 g/mol. The first-order valence-electron chi connectivity index (χ1n) is 8.41. The first-order chi connectivity index (χ1) is 14.2. The molecule has 3 aromatic rings. The Kier molecular flexibility index (Phi) is 6.84. The van der Waals surface area contributed by atoms with Gasteiger partial charge in [0.05, 0.1) is 17.2 Å². The molecule has 0 aliphatic heterocycles. The lowest BCUT2D eigenvalue weighted by Crippen LogP contribution is -2.12. The van der Waals surface area contributed by atoms with Gasteiger partial charge in [-0.25, -0.2) is 9.78 Å². The minimum atomic E-state index is -4.53. The monoisotopic (exact) mass is 473 g/mol. The van der Waals surface area contributed by atoms with Crippen LogP contribution in [0.5, 0.6) is 0 Å². The highest BCUT2D eigenvalue weighted by Gasteiger charge is 2.31. The first-order valence-corrected chi connectivity index (χ1v) is 9.98. The number of alkyl halides is 3. The summed E-state index contributed by atoms with van der Waals surface area (Å²) < 4.78 is 44.1. The summed E-state index contributed by atoms with van der Waals surface area (Å²) in [7, 11) is 0. The summed E-state index contributed by atoms with van der Waals surface area (Å²) in [5, 5.41) is 8.48. The summed E-state index contributed by atoms with van der Waals surface area (Å²) in [6.45, 7) is 1.72. The number of benzene rings is 2. The van der Waals surface area contributed by atoms with Crippen molar-refractivity contribution in [1.29, 1.82) is 0 Å². The van der Waals surface area contributed by atoms with Gasteiger partial charge in [0.15, 0.2) is 5.82 Å². The molecular weight excluding hydrogens is 462 g/mol. The van der Waals surface area contributed by atoms with Crippen LogP contribution in [-0.2, 0) is 10.9 Å². The Hall–Kier alpha value is -2.36. The topological polar surface area (TPSA) is 65.0 Å². The fourth-order valence-corrected chi connectivity index (χ4v) is 3.71. The van der Waals surface area contributed by atoms with Crippen molar-refractivity contribution in [1.82, 2.24) is 15.2 Å². The zero-order chi connectivity index (χ0) is 21.9. The molecule has 0 atom stereocenters. The summed E-state index contributed by atoms with van der Waals surface area (Å²) in [4.78, 5) is 17.0. The summed E-state index contributed by atoms with van der Waals surface area (Å²) >= 11 is 13.1. The number of esters is 1. The molecule has 0 fully saturated rings. The van der Waals surface area contributed by atoms with Gasteiger partial charge in [-0.2, -0.15) is 13.2 Å². The molecule has 0 bridgehead atoms. The highest BCUT2D eigenvalue weighted by atomic mass is 35.5. The summed E-state index contributed by atoms with van der Waals surface area (Å²) in [6, 6.07) is 9.23. The standard InChI is InChI=1S/C19H12Cl2F3N3O2S/c1-2-29-18(28)15-17(30-14-7-6-12(20)9-13(14)21)25-16(27-26-15)10-4-3-5-11(8-10)19(22,23)24/h3-9H,2H2,1H3. The van der Waals surface area contributed by atoms with E-state index in [1.807, 2.05) is 0 Å². The first kappa shape index (κ1) is 22.3. The molecule has 0 spiro atoms. The van der Waals surface area contributed by atoms with Gasteiger partial charge < -0.3 is 4.74 Å². The van der Waals surface area contributed by atoms with Crippen LogP contribution < -0.4 is 0 Å². The molecule has 0 radical (unpaired) electrons. The average Bonchev–Trinajstić information content (AvgIpc) is 2.69. The van der Waals surface area contributed by atoms with Gasteiger partial charge in [0.2, 0.25) is 5.69 Å². The molecule has 5 nitrogen and oxygen atoms in total. The number of ether oxygens (including phenoxy) is 1. The Morgan fingerprint density at radius 3 is 2.57 bits per heavy atom. The number of nitrogens with zero attached hydrogens (tertiary/aromatic N) is 3. The fourth-order valence-electron chi connectivity index (χ4n) is 2.33. The van der Waals surface area contributed by atoms with E-state index in [-0.39, 0.29) is 28.7 Å². The molecule has 30 heavy (non-hydrogen) atoms. The van der Waals surface area contributed by atoms with Crippen LogP contribution in [0.1, 0.15) is 23.0 Å². The molecule has 0 aliphatic rings. The molecule has 1 aromatic heterocycles. The molecular formula is C19H12Cl2F3N3O2S. The number of rotatable bonds is 5. The van der Waals surface area contributed by atoms with E-state index in [0.29, 0.717) is 14.9 Å². The van der Waals surface area contributed by atoms with Crippen LogP contribution in [0.15, 0.2) is 52.4 Å². The molecule has 3 rings (SSSR count). The van der Waals surface area contributed by atoms with Gasteiger partial charge in [0.1, 0.15) is 5.03 Å². The maximum atomic E-state index is 13.0. The number of aromatic nitrogens is 3. The third-order valence-corrected chi connectivity index (χ3v) is 5.39. The number of hydrogen-bond acceptors (Lipinski definition) is 6. The van der Waals surface area contributed by atoms with Crippen molar-refractivity contribution in [2.45, 2.75) is 23.0 Å².